The summed E-state index contributed by atoms with van der Waals surface area (Å²) in [6, 6.07) is 18.4. The Morgan fingerprint density at radius 1 is 1.10 bits per heavy atom. The van der Waals surface area contributed by atoms with Gasteiger partial charge >= 0.3 is 0 Å². The SMILES string of the molecule is CCNC(=NCCCOC(C)c1ccccc1)NCCc1nc2ccccc2[nH]1.I. The maximum absolute atomic E-state index is 5.92. The van der Waals surface area contributed by atoms with Crippen molar-refractivity contribution >= 4 is 41.0 Å². The molecule has 2 aromatic carbocycles. The number of nitrogens with zero attached hydrogens (tertiary/aromatic N) is 2. The van der Waals surface area contributed by atoms with Crippen molar-refractivity contribution in [3.05, 3.63) is 66.0 Å². The molecule has 1 aromatic heterocycles. The van der Waals surface area contributed by atoms with Crippen LogP contribution in [-0.2, 0) is 11.2 Å². The second kappa shape index (κ2) is 13.2. The fourth-order valence-corrected chi connectivity index (χ4v) is 3.10. The molecule has 0 radical (unpaired) electrons. The summed E-state index contributed by atoms with van der Waals surface area (Å²) in [5, 5.41) is 6.67. The summed E-state index contributed by atoms with van der Waals surface area (Å²) in [5.41, 5.74) is 3.29. The zero-order valence-corrected chi connectivity index (χ0v) is 20.1. The summed E-state index contributed by atoms with van der Waals surface area (Å²) in [7, 11) is 0. The lowest BCUT2D eigenvalue weighted by molar-refractivity contribution is 0.0652. The minimum absolute atomic E-state index is 0. The van der Waals surface area contributed by atoms with Crippen molar-refractivity contribution in [2.45, 2.75) is 32.8 Å². The number of benzene rings is 2. The summed E-state index contributed by atoms with van der Waals surface area (Å²) < 4.78 is 5.92. The van der Waals surface area contributed by atoms with E-state index in [0.29, 0.717) is 6.61 Å². The molecule has 3 N–H and O–H groups in total. The molecule has 0 aliphatic carbocycles. The minimum Gasteiger partial charge on any atom is -0.374 e. The molecular formula is C23H32IN5O. The summed E-state index contributed by atoms with van der Waals surface area (Å²) in [5.74, 6) is 1.82. The van der Waals surface area contributed by atoms with Gasteiger partial charge in [0.25, 0.3) is 0 Å². The smallest absolute Gasteiger partial charge is 0.191 e. The number of nitrogens with one attached hydrogen (secondary N) is 3. The Hall–Kier alpha value is -2.13. The molecule has 3 rings (SSSR count). The highest BCUT2D eigenvalue weighted by Gasteiger charge is 2.05. The molecule has 0 aliphatic heterocycles. The van der Waals surface area contributed by atoms with Crippen molar-refractivity contribution in [1.82, 2.24) is 20.6 Å². The number of H-pyrrole nitrogens is 1. The predicted octanol–water partition coefficient (Wildman–Crippen LogP) is 4.45. The molecule has 0 aliphatic rings. The molecule has 3 aromatic rings. The van der Waals surface area contributed by atoms with Gasteiger partial charge in [0.15, 0.2) is 5.96 Å². The molecule has 1 heterocycles. The number of halogens is 1. The van der Waals surface area contributed by atoms with Crippen LogP contribution < -0.4 is 10.6 Å². The van der Waals surface area contributed by atoms with Gasteiger partial charge in [0.05, 0.1) is 17.1 Å². The first-order chi connectivity index (χ1) is 14.3. The second-order valence-corrected chi connectivity index (χ2v) is 6.92. The highest BCUT2D eigenvalue weighted by Crippen LogP contribution is 2.15. The largest absolute Gasteiger partial charge is 0.374 e. The molecular weight excluding hydrogens is 489 g/mol. The molecule has 0 fully saturated rings. The topological polar surface area (TPSA) is 74.3 Å². The average Bonchev–Trinajstić information content (AvgIpc) is 3.16. The zero-order chi connectivity index (χ0) is 20.3. The number of fused-ring (bicyclic) bond motifs is 1. The van der Waals surface area contributed by atoms with Crippen LogP contribution in [-0.4, -0.2) is 42.2 Å². The number of aromatic amines is 1. The summed E-state index contributed by atoms with van der Waals surface area (Å²) >= 11 is 0. The Morgan fingerprint density at radius 3 is 2.63 bits per heavy atom. The molecule has 0 bridgehead atoms. The van der Waals surface area contributed by atoms with Crippen LogP contribution in [0.3, 0.4) is 0 Å². The van der Waals surface area contributed by atoms with Gasteiger partial charge in [-0.1, -0.05) is 42.5 Å². The highest BCUT2D eigenvalue weighted by molar-refractivity contribution is 14.0. The van der Waals surface area contributed by atoms with Gasteiger partial charge < -0.3 is 20.4 Å². The number of guanidine groups is 1. The van der Waals surface area contributed by atoms with Crippen LogP contribution in [0.4, 0.5) is 0 Å². The first-order valence-corrected chi connectivity index (χ1v) is 10.4. The summed E-state index contributed by atoms with van der Waals surface area (Å²) in [6.45, 7) is 7.17. The van der Waals surface area contributed by atoms with E-state index in [1.807, 2.05) is 42.5 Å². The number of imidazole rings is 1. The Balaban J connectivity index is 0.00000320. The Morgan fingerprint density at radius 2 is 1.87 bits per heavy atom. The third-order valence-electron chi connectivity index (χ3n) is 4.65. The minimum atomic E-state index is 0. The van der Waals surface area contributed by atoms with E-state index in [1.54, 1.807) is 0 Å². The molecule has 1 unspecified atom stereocenters. The van der Waals surface area contributed by atoms with Gasteiger partial charge in [-0.3, -0.25) is 4.99 Å². The highest BCUT2D eigenvalue weighted by atomic mass is 127. The number of hydrogen-bond donors (Lipinski definition) is 3. The van der Waals surface area contributed by atoms with E-state index in [4.69, 9.17) is 4.74 Å². The Labute approximate surface area is 196 Å². The zero-order valence-electron chi connectivity index (χ0n) is 17.7. The molecule has 30 heavy (non-hydrogen) atoms. The van der Waals surface area contributed by atoms with Crippen LogP contribution in [0.5, 0.6) is 0 Å². The Kier molecular flexibility index (Phi) is 10.6. The van der Waals surface area contributed by atoms with Crippen LogP contribution in [0, 0.1) is 0 Å². The standard InChI is InChI=1S/C23H31N5O.HI/c1-3-24-23(25-15-9-17-29-18(2)19-10-5-4-6-11-19)26-16-14-22-27-20-12-7-8-13-21(20)28-22;/h4-8,10-13,18H,3,9,14-17H2,1-2H3,(H,27,28)(H2,24,25,26);1H. The van der Waals surface area contributed by atoms with Gasteiger partial charge in [0.1, 0.15) is 5.82 Å². The van der Waals surface area contributed by atoms with Gasteiger partial charge in [-0.25, -0.2) is 4.98 Å². The summed E-state index contributed by atoms with van der Waals surface area (Å²) in [6.07, 6.45) is 1.81. The lowest BCUT2D eigenvalue weighted by atomic mass is 10.1. The number of aromatic nitrogens is 2. The van der Waals surface area contributed by atoms with Gasteiger partial charge in [-0.2, -0.15) is 0 Å². The first-order valence-electron chi connectivity index (χ1n) is 10.4. The van der Waals surface area contributed by atoms with E-state index in [1.165, 1.54) is 5.56 Å². The molecule has 7 heteroatoms. The van der Waals surface area contributed by atoms with E-state index in [-0.39, 0.29) is 30.1 Å². The normalized spacial score (nSPS) is 12.4. The van der Waals surface area contributed by atoms with Crippen molar-refractivity contribution in [2.24, 2.45) is 4.99 Å². The summed E-state index contributed by atoms with van der Waals surface area (Å²) in [4.78, 5) is 12.6. The maximum Gasteiger partial charge on any atom is 0.191 e. The van der Waals surface area contributed by atoms with Crippen LogP contribution in [0.25, 0.3) is 11.0 Å². The molecule has 0 saturated heterocycles. The first kappa shape index (κ1) is 24.1. The van der Waals surface area contributed by atoms with Crippen molar-refractivity contribution in [3.8, 4) is 0 Å². The van der Waals surface area contributed by atoms with E-state index >= 15 is 0 Å². The molecule has 1 atom stereocenters. The van der Waals surface area contributed by atoms with Gasteiger partial charge in [-0.05, 0) is 38.0 Å². The predicted molar refractivity (Wildman–Crippen MR) is 135 cm³/mol. The fourth-order valence-electron chi connectivity index (χ4n) is 3.10. The van der Waals surface area contributed by atoms with Crippen LogP contribution >= 0.6 is 24.0 Å². The number of rotatable bonds is 10. The van der Waals surface area contributed by atoms with Gasteiger partial charge in [-0.15, -0.1) is 24.0 Å². The van der Waals surface area contributed by atoms with Crippen LogP contribution in [0.2, 0.25) is 0 Å². The quantitative estimate of drug-likeness (QED) is 0.160. The maximum atomic E-state index is 5.92. The number of ether oxygens (including phenoxy) is 1. The van der Waals surface area contributed by atoms with Crippen molar-refractivity contribution in [2.75, 3.05) is 26.2 Å². The fraction of sp³-hybridized carbons (Fsp3) is 0.391. The number of hydrogen-bond acceptors (Lipinski definition) is 3. The molecule has 0 amide bonds. The monoisotopic (exact) mass is 521 g/mol. The van der Waals surface area contributed by atoms with Crippen LogP contribution in [0.1, 0.15) is 37.8 Å². The van der Waals surface area contributed by atoms with E-state index in [0.717, 1.165) is 55.3 Å². The molecule has 162 valence electrons. The number of aliphatic imine (C=N–C) groups is 1. The van der Waals surface area contributed by atoms with Crippen LogP contribution in [0.15, 0.2) is 59.6 Å². The second-order valence-electron chi connectivity index (χ2n) is 6.92. The van der Waals surface area contributed by atoms with Crippen molar-refractivity contribution in [3.63, 3.8) is 0 Å². The third kappa shape index (κ3) is 7.60. The van der Waals surface area contributed by atoms with Crippen molar-refractivity contribution < 1.29 is 4.74 Å². The molecule has 6 nitrogen and oxygen atoms in total. The van der Waals surface area contributed by atoms with E-state index in [9.17, 15) is 0 Å². The molecule has 0 spiro atoms. The average molecular weight is 521 g/mol. The lowest BCUT2D eigenvalue weighted by Crippen LogP contribution is -2.38. The van der Waals surface area contributed by atoms with Crippen molar-refractivity contribution in [1.29, 1.82) is 0 Å². The molecule has 0 saturated carbocycles. The van der Waals surface area contributed by atoms with E-state index < -0.39 is 0 Å². The third-order valence-corrected chi connectivity index (χ3v) is 4.65. The lowest BCUT2D eigenvalue weighted by Gasteiger charge is -2.13. The number of para-hydroxylation sites is 2. The van der Waals surface area contributed by atoms with Gasteiger partial charge in [0, 0.05) is 32.7 Å². The van der Waals surface area contributed by atoms with E-state index in [2.05, 4.69) is 51.6 Å². The Bertz CT molecular complexity index is 864. The van der Waals surface area contributed by atoms with Gasteiger partial charge in [0.2, 0.25) is 0 Å².